The van der Waals surface area contributed by atoms with Crippen molar-refractivity contribution < 1.29 is 9.84 Å². The molecular formula is C9H10BrNO2. The number of hydrogen-bond acceptors (Lipinski definition) is 3. The van der Waals surface area contributed by atoms with Gasteiger partial charge in [0.2, 0.25) is 0 Å². The Morgan fingerprint density at radius 1 is 1.62 bits per heavy atom. The van der Waals surface area contributed by atoms with Gasteiger partial charge in [-0.05, 0) is 22.4 Å². The standard InChI is InChI=1S/C9H10BrNO2/c1-13-7-4-6-5(2-3-11-6)9(12)8(7)10/h4,11-12H,2-3H2,1H3. The zero-order valence-corrected chi connectivity index (χ0v) is 8.81. The van der Waals surface area contributed by atoms with Crippen LogP contribution in [0, 0.1) is 0 Å². The van der Waals surface area contributed by atoms with Crippen LogP contribution in [0.15, 0.2) is 10.5 Å². The summed E-state index contributed by atoms with van der Waals surface area (Å²) in [5.41, 5.74) is 1.94. The Balaban J connectivity index is 2.61. The minimum Gasteiger partial charge on any atom is -0.506 e. The lowest BCUT2D eigenvalue weighted by atomic mass is 10.1. The highest BCUT2D eigenvalue weighted by atomic mass is 79.9. The first-order chi connectivity index (χ1) is 6.24. The van der Waals surface area contributed by atoms with Gasteiger partial charge in [0.1, 0.15) is 16.0 Å². The van der Waals surface area contributed by atoms with Crippen molar-refractivity contribution in [3.05, 3.63) is 16.1 Å². The molecule has 0 fully saturated rings. The molecule has 0 unspecified atom stereocenters. The maximum Gasteiger partial charge on any atom is 0.138 e. The molecule has 2 rings (SSSR count). The second-order valence-electron chi connectivity index (χ2n) is 2.94. The van der Waals surface area contributed by atoms with E-state index in [1.807, 2.05) is 6.07 Å². The summed E-state index contributed by atoms with van der Waals surface area (Å²) >= 11 is 3.29. The molecule has 0 aliphatic carbocycles. The summed E-state index contributed by atoms with van der Waals surface area (Å²) in [5, 5.41) is 12.9. The van der Waals surface area contributed by atoms with Crippen molar-refractivity contribution in [3.8, 4) is 11.5 Å². The van der Waals surface area contributed by atoms with E-state index in [0.717, 1.165) is 24.2 Å². The zero-order chi connectivity index (χ0) is 9.42. The summed E-state index contributed by atoms with van der Waals surface area (Å²) in [4.78, 5) is 0. The van der Waals surface area contributed by atoms with Crippen LogP contribution >= 0.6 is 15.9 Å². The number of phenols is 1. The number of anilines is 1. The monoisotopic (exact) mass is 243 g/mol. The number of fused-ring (bicyclic) bond motifs is 1. The average molecular weight is 244 g/mol. The highest BCUT2D eigenvalue weighted by molar-refractivity contribution is 9.10. The van der Waals surface area contributed by atoms with Crippen molar-refractivity contribution in [2.75, 3.05) is 19.0 Å². The van der Waals surface area contributed by atoms with E-state index in [-0.39, 0.29) is 0 Å². The maximum atomic E-state index is 9.76. The molecule has 1 aromatic carbocycles. The number of nitrogens with one attached hydrogen (secondary N) is 1. The van der Waals surface area contributed by atoms with Crippen molar-refractivity contribution in [2.24, 2.45) is 0 Å². The number of methoxy groups -OCH3 is 1. The number of ether oxygens (including phenoxy) is 1. The third-order valence-electron chi connectivity index (χ3n) is 2.22. The van der Waals surface area contributed by atoms with Gasteiger partial charge in [0.15, 0.2) is 0 Å². The Kier molecular flexibility index (Phi) is 2.07. The van der Waals surface area contributed by atoms with E-state index in [4.69, 9.17) is 4.74 Å². The van der Waals surface area contributed by atoms with E-state index in [0.29, 0.717) is 16.0 Å². The van der Waals surface area contributed by atoms with Gasteiger partial charge in [-0.1, -0.05) is 0 Å². The molecule has 0 bridgehead atoms. The molecule has 1 aliphatic heterocycles. The second kappa shape index (κ2) is 3.10. The van der Waals surface area contributed by atoms with E-state index < -0.39 is 0 Å². The van der Waals surface area contributed by atoms with Gasteiger partial charge in [-0.25, -0.2) is 0 Å². The SMILES string of the molecule is COc1cc2c(c(O)c1Br)CCN2. The second-order valence-corrected chi connectivity index (χ2v) is 3.74. The lowest BCUT2D eigenvalue weighted by Crippen LogP contribution is -1.91. The fourth-order valence-corrected chi connectivity index (χ4v) is 2.06. The van der Waals surface area contributed by atoms with Crippen molar-refractivity contribution in [2.45, 2.75) is 6.42 Å². The lowest BCUT2D eigenvalue weighted by Gasteiger charge is -2.09. The van der Waals surface area contributed by atoms with Gasteiger partial charge in [0, 0.05) is 23.9 Å². The number of aromatic hydroxyl groups is 1. The van der Waals surface area contributed by atoms with E-state index in [1.54, 1.807) is 7.11 Å². The van der Waals surface area contributed by atoms with Gasteiger partial charge < -0.3 is 15.2 Å². The number of hydrogen-bond donors (Lipinski definition) is 2. The fraction of sp³-hybridized carbons (Fsp3) is 0.333. The Labute approximate surface area is 84.8 Å². The fourth-order valence-electron chi connectivity index (χ4n) is 1.54. The van der Waals surface area contributed by atoms with Crippen LogP contribution < -0.4 is 10.1 Å². The molecule has 0 aromatic heterocycles. The summed E-state index contributed by atoms with van der Waals surface area (Å²) in [6, 6.07) is 1.89. The van der Waals surface area contributed by atoms with Gasteiger partial charge in [0.05, 0.1) is 7.11 Å². The lowest BCUT2D eigenvalue weighted by molar-refractivity contribution is 0.403. The molecule has 0 radical (unpaired) electrons. The van der Waals surface area contributed by atoms with Crippen LogP contribution in [0.3, 0.4) is 0 Å². The molecule has 1 heterocycles. The first-order valence-corrected chi connectivity index (χ1v) is 4.85. The van der Waals surface area contributed by atoms with Crippen LogP contribution in [-0.4, -0.2) is 18.8 Å². The summed E-state index contributed by atoms with van der Waals surface area (Å²) in [6.07, 6.45) is 0.865. The number of phenolic OH excluding ortho intramolecular Hbond substituents is 1. The molecule has 0 atom stereocenters. The van der Waals surface area contributed by atoms with Gasteiger partial charge in [-0.2, -0.15) is 0 Å². The molecule has 4 heteroatoms. The van der Waals surface area contributed by atoms with Crippen LogP contribution in [0.5, 0.6) is 11.5 Å². The van der Waals surface area contributed by atoms with Gasteiger partial charge >= 0.3 is 0 Å². The minimum atomic E-state index is 0.291. The number of halogens is 1. The average Bonchev–Trinajstić information content (AvgIpc) is 2.59. The van der Waals surface area contributed by atoms with Crippen LogP contribution in [0.4, 0.5) is 5.69 Å². The van der Waals surface area contributed by atoms with E-state index in [2.05, 4.69) is 21.2 Å². The summed E-state index contributed by atoms with van der Waals surface area (Å²) in [5.74, 6) is 0.949. The zero-order valence-electron chi connectivity index (χ0n) is 7.22. The molecule has 70 valence electrons. The summed E-state index contributed by atoms with van der Waals surface area (Å²) in [7, 11) is 1.58. The first-order valence-electron chi connectivity index (χ1n) is 4.06. The number of benzene rings is 1. The highest BCUT2D eigenvalue weighted by Crippen LogP contribution is 2.42. The van der Waals surface area contributed by atoms with Crippen LogP contribution in [0.2, 0.25) is 0 Å². The molecule has 1 aromatic rings. The third kappa shape index (κ3) is 1.25. The van der Waals surface area contributed by atoms with Crippen LogP contribution in [-0.2, 0) is 6.42 Å². The van der Waals surface area contributed by atoms with Crippen LogP contribution in [0.1, 0.15) is 5.56 Å². The Morgan fingerprint density at radius 2 is 2.38 bits per heavy atom. The molecular weight excluding hydrogens is 234 g/mol. The molecule has 3 nitrogen and oxygen atoms in total. The predicted molar refractivity (Wildman–Crippen MR) is 54.6 cm³/mol. The van der Waals surface area contributed by atoms with Gasteiger partial charge in [0.25, 0.3) is 0 Å². The van der Waals surface area contributed by atoms with Crippen molar-refractivity contribution in [3.63, 3.8) is 0 Å². The van der Waals surface area contributed by atoms with E-state index >= 15 is 0 Å². The molecule has 0 spiro atoms. The smallest absolute Gasteiger partial charge is 0.138 e. The quantitative estimate of drug-likeness (QED) is 0.795. The van der Waals surface area contributed by atoms with Crippen molar-refractivity contribution >= 4 is 21.6 Å². The normalized spacial score (nSPS) is 13.7. The Hall–Kier alpha value is -0.900. The molecule has 2 N–H and O–H groups in total. The molecule has 1 aliphatic rings. The van der Waals surface area contributed by atoms with Crippen molar-refractivity contribution in [1.29, 1.82) is 0 Å². The van der Waals surface area contributed by atoms with Gasteiger partial charge in [-0.15, -0.1) is 0 Å². The minimum absolute atomic E-state index is 0.291. The van der Waals surface area contributed by atoms with Crippen molar-refractivity contribution in [1.82, 2.24) is 0 Å². The summed E-state index contributed by atoms with van der Waals surface area (Å²) < 4.78 is 5.74. The number of rotatable bonds is 1. The molecule has 0 amide bonds. The Morgan fingerprint density at radius 3 is 3.08 bits per heavy atom. The first kappa shape index (κ1) is 8.69. The van der Waals surface area contributed by atoms with Gasteiger partial charge in [-0.3, -0.25) is 0 Å². The molecule has 13 heavy (non-hydrogen) atoms. The Bertz CT molecular complexity index is 351. The van der Waals surface area contributed by atoms with Crippen LogP contribution in [0.25, 0.3) is 0 Å². The third-order valence-corrected chi connectivity index (χ3v) is 2.99. The predicted octanol–water partition coefficient (Wildman–Crippen LogP) is 2.13. The largest absolute Gasteiger partial charge is 0.506 e. The van der Waals surface area contributed by atoms with E-state index in [1.165, 1.54) is 0 Å². The maximum absolute atomic E-state index is 9.76. The summed E-state index contributed by atoms with van der Waals surface area (Å²) in [6.45, 7) is 0.877. The highest BCUT2D eigenvalue weighted by Gasteiger charge is 2.19. The molecule has 0 saturated carbocycles. The van der Waals surface area contributed by atoms with E-state index in [9.17, 15) is 5.11 Å². The molecule has 0 saturated heterocycles. The topological polar surface area (TPSA) is 41.5 Å².